The molecule has 0 aromatic carbocycles. The van der Waals surface area contributed by atoms with Crippen LogP contribution in [0.25, 0.3) is 0 Å². The van der Waals surface area contributed by atoms with Crippen LogP contribution in [0.5, 0.6) is 0 Å². The standard InChI is InChI=1S/C13H16NO4/c1-4-14-7-5-11(6-8-14)13(16)18-9-17-12(15)10(2)3/h5-8H,2,4,9H2,1,3H3/q+1. The number of hydrogen-bond acceptors (Lipinski definition) is 4. The number of carbonyl (C=O) groups is 2. The van der Waals surface area contributed by atoms with E-state index in [-0.39, 0.29) is 5.57 Å². The maximum Gasteiger partial charge on any atom is 0.341 e. The van der Waals surface area contributed by atoms with Gasteiger partial charge in [0.2, 0.25) is 6.79 Å². The highest BCUT2D eigenvalue weighted by molar-refractivity contribution is 5.89. The average molecular weight is 250 g/mol. The third kappa shape index (κ3) is 4.01. The summed E-state index contributed by atoms with van der Waals surface area (Å²) >= 11 is 0. The second kappa shape index (κ2) is 6.54. The topological polar surface area (TPSA) is 56.5 Å². The highest BCUT2D eigenvalue weighted by Crippen LogP contribution is 2.00. The van der Waals surface area contributed by atoms with Gasteiger partial charge in [-0.05, 0) is 13.8 Å². The Bertz CT molecular complexity index is 451. The van der Waals surface area contributed by atoms with Crippen LogP contribution in [0.1, 0.15) is 24.2 Å². The van der Waals surface area contributed by atoms with Crippen molar-refractivity contribution in [1.82, 2.24) is 0 Å². The van der Waals surface area contributed by atoms with E-state index in [2.05, 4.69) is 11.3 Å². The highest BCUT2D eigenvalue weighted by Gasteiger charge is 2.10. The minimum absolute atomic E-state index is 0.259. The molecule has 0 fully saturated rings. The van der Waals surface area contributed by atoms with Crippen LogP contribution in [0.2, 0.25) is 0 Å². The molecule has 5 nitrogen and oxygen atoms in total. The van der Waals surface area contributed by atoms with Crippen molar-refractivity contribution in [2.24, 2.45) is 0 Å². The molecule has 1 aromatic rings. The average Bonchev–Trinajstić information content (AvgIpc) is 2.38. The quantitative estimate of drug-likeness (QED) is 0.341. The Morgan fingerprint density at radius 1 is 1.28 bits per heavy atom. The Morgan fingerprint density at radius 2 is 1.89 bits per heavy atom. The van der Waals surface area contributed by atoms with Crippen molar-refractivity contribution >= 4 is 11.9 Å². The number of rotatable bonds is 5. The zero-order valence-corrected chi connectivity index (χ0v) is 10.5. The molecule has 0 saturated heterocycles. The maximum absolute atomic E-state index is 11.6. The summed E-state index contributed by atoms with van der Waals surface area (Å²) in [5.41, 5.74) is 0.667. The molecule has 0 saturated carbocycles. The van der Waals surface area contributed by atoms with E-state index >= 15 is 0 Å². The normalized spacial score (nSPS) is 9.67. The summed E-state index contributed by atoms with van der Waals surface area (Å²) in [6.07, 6.45) is 3.55. The van der Waals surface area contributed by atoms with Gasteiger partial charge in [0.05, 0.1) is 5.56 Å². The van der Waals surface area contributed by atoms with Crippen LogP contribution in [-0.2, 0) is 20.8 Å². The van der Waals surface area contributed by atoms with E-state index in [4.69, 9.17) is 4.74 Å². The molecule has 0 N–H and O–H groups in total. The maximum atomic E-state index is 11.6. The predicted octanol–water partition coefficient (Wildman–Crippen LogP) is 1.23. The van der Waals surface area contributed by atoms with E-state index in [0.29, 0.717) is 5.56 Å². The largest absolute Gasteiger partial charge is 0.425 e. The van der Waals surface area contributed by atoms with Gasteiger partial charge in [0, 0.05) is 17.7 Å². The van der Waals surface area contributed by atoms with Crippen LogP contribution < -0.4 is 4.57 Å². The summed E-state index contributed by atoms with van der Waals surface area (Å²) in [7, 11) is 0. The van der Waals surface area contributed by atoms with Gasteiger partial charge in [-0.15, -0.1) is 0 Å². The second-order valence-electron chi connectivity index (χ2n) is 3.68. The van der Waals surface area contributed by atoms with Crippen molar-refractivity contribution in [2.45, 2.75) is 20.4 Å². The number of esters is 2. The first-order valence-corrected chi connectivity index (χ1v) is 5.53. The minimum atomic E-state index is -0.584. The van der Waals surface area contributed by atoms with Crippen LogP contribution in [0, 0.1) is 0 Å². The van der Waals surface area contributed by atoms with Gasteiger partial charge < -0.3 is 9.47 Å². The van der Waals surface area contributed by atoms with Gasteiger partial charge >= 0.3 is 11.9 Å². The number of carbonyl (C=O) groups excluding carboxylic acids is 2. The Morgan fingerprint density at radius 3 is 2.39 bits per heavy atom. The fourth-order valence-corrected chi connectivity index (χ4v) is 1.15. The predicted molar refractivity (Wildman–Crippen MR) is 63.5 cm³/mol. The zero-order chi connectivity index (χ0) is 13.5. The summed E-state index contributed by atoms with van der Waals surface area (Å²) in [5.74, 6) is -1.12. The summed E-state index contributed by atoms with van der Waals surface area (Å²) in [4.78, 5) is 22.6. The van der Waals surface area contributed by atoms with E-state index in [0.717, 1.165) is 6.54 Å². The Balaban J connectivity index is 2.45. The summed E-state index contributed by atoms with van der Waals surface area (Å²) < 4.78 is 11.4. The van der Waals surface area contributed by atoms with Crippen molar-refractivity contribution in [3.05, 3.63) is 42.2 Å². The van der Waals surface area contributed by atoms with Crippen LogP contribution in [-0.4, -0.2) is 18.7 Å². The number of hydrogen-bond donors (Lipinski definition) is 0. The molecule has 5 heteroatoms. The Labute approximate surface area is 106 Å². The third-order valence-corrected chi connectivity index (χ3v) is 2.22. The smallest absolute Gasteiger partial charge is 0.341 e. The fourth-order valence-electron chi connectivity index (χ4n) is 1.15. The number of aryl methyl sites for hydroxylation is 1. The number of aromatic nitrogens is 1. The van der Waals surface area contributed by atoms with Crippen LogP contribution in [0.15, 0.2) is 36.7 Å². The first kappa shape index (κ1) is 13.9. The van der Waals surface area contributed by atoms with E-state index < -0.39 is 18.7 Å². The lowest BCUT2D eigenvalue weighted by Gasteiger charge is -2.05. The van der Waals surface area contributed by atoms with Crippen molar-refractivity contribution in [1.29, 1.82) is 0 Å². The summed E-state index contributed by atoms with van der Waals surface area (Å²) in [6.45, 7) is 7.34. The Kier molecular flexibility index (Phi) is 5.05. The monoisotopic (exact) mass is 250 g/mol. The first-order chi connectivity index (χ1) is 8.54. The fraction of sp³-hybridized carbons (Fsp3) is 0.308. The van der Waals surface area contributed by atoms with Crippen molar-refractivity contribution in [3.63, 3.8) is 0 Å². The summed E-state index contributed by atoms with van der Waals surface area (Å²) in [5, 5.41) is 0. The molecule has 0 spiro atoms. The lowest BCUT2D eigenvalue weighted by Crippen LogP contribution is -2.31. The van der Waals surface area contributed by atoms with Gasteiger partial charge in [0.25, 0.3) is 0 Å². The van der Waals surface area contributed by atoms with E-state index in [1.165, 1.54) is 6.92 Å². The molecule has 0 radical (unpaired) electrons. The lowest BCUT2D eigenvalue weighted by atomic mass is 10.3. The molecule has 18 heavy (non-hydrogen) atoms. The molecular weight excluding hydrogens is 234 g/mol. The second-order valence-corrected chi connectivity index (χ2v) is 3.68. The van der Waals surface area contributed by atoms with E-state index in [1.54, 1.807) is 24.5 Å². The molecule has 0 bridgehead atoms. The molecule has 1 aromatic heterocycles. The zero-order valence-electron chi connectivity index (χ0n) is 10.5. The van der Waals surface area contributed by atoms with E-state index in [1.807, 2.05) is 11.5 Å². The molecule has 0 amide bonds. The number of ether oxygens (including phenoxy) is 2. The third-order valence-electron chi connectivity index (χ3n) is 2.22. The molecule has 0 aliphatic rings. The van der Waals surface area contributed by atoms with Crippen molar-refractivity contribution in [3.8, 4) is 0 Å². The van der Waals surface area contributed by atoms with Gasteiger partial charge in [-0.1, -0.05) is 6.58 Å². The molecule has 96 valence electrons. The molecule has 0 atom stereocenters. The highest BCUT2D eigenvalue weighted by atomic mass is 16.7. The minimum Gasteiger partial charge on any atom is -0.425 e. The van der Waals surface area contributed by atoms with Crippen molar-refractivity contribution in [2.75, 3.05) is 6.79 Å². The van der Waals surface area contributed by atoms with Crippen LogP contribution in [0.3, 0.4) is 0 Å². The van der Waals surface area contributed by atoms with Gasteiger partial charge in [-0.3, -0.25) is 0 Å². The molecular formula is C13H16NO4+. The van der Waals surface area contributed by atoms with Crippen molar-refractivity contribution < 1.29 is 23.6 Å². The van der Waals surface area contributed by atoms with Gasteiger partial charge in [0.15, 0.2) is 12.4 Å². The lowest BCUT2D eigenvalue weighted by molar-refractivity contribution is -0.693. The summed E-state index contributed by atoms with van der Waals surface area (Å²) in [6, 6.07) is 3.29. The molecule has 1 heterocycles. The number of pyridine rings is 1. The Hall–Kier alpha value is -2.17. The van der Waals surface area contributed by atoms with E-state index in [9.17, 15) is 9.59 Å². The van der Waals surface area contributed by atoms with Gasteiger partial charge in [-0.25, -0.2) is 14.2 Å². The van der Waals surface area contributed by atoms with Gasteiger partial charge in [0.1, 0.15) is 6.54 Å². The number of nitrogens with zero attached hydrogens (tertiary/aromatic N) is 1. The molecule has 0 aliphatic heterocycles. The molecule has 0 aliphatic carbocycles. The molecule has 1 rings (SSSR count). The van der Waals surface area contributed by atoms with Crippen LogP contribution in [0.4, 0.5) is 0 Å². The SMILES string of the molecule is C=C(C)C(=O)OCOC(=O)c1cc[n+](CC)cc1. The first-order valence-electron chi connectivity index (χ1n) is 5.53. The van der Waals surface area contributed by atoms with Gasteiger partial charge in [-0.2, -0.15) is 0 Å². The molecule has 0 unspecified atom stereocenters. The van der Waals surface area contributed by atoms with Crippen LogP contribution >= 0.6 is 0 Å².